The van der Waals surface area contributed by atoms with Gasteiger partial charge in [-0.1, -0.05) is 25.7 Å². The van der Waals surface area contributed by atoms with E-state index in [1.807, 2.05) is 11.8 Å². The van der Waals surface area contributed by atoms with Crippen LogP contribution in [0.5, 0.6) is 0 Å². The minimum atomic E-state index is -0.839. The molecule has 0 unspecified atom stereocenters. The van der Waals surface area contributed by atoms with Crippen LogP contribution in [-0.4, -0.2) is 40.2 Å². The molecule has 0 aromatic carbocycles. The second-order valence-electron chi connectivity index (χ2n) is 6.46. The van der Waals surface area contributed by atoms with Crippen LogP contribution in [-0.2, 0) is 4.79 Å². The van der Waals surface area contributed by atoms with Gasteiger partial charge in [-0.3, -0.25) is 4.79 Å². The Bertz CT molecular complexity index is 388. The standard InChI is InChI=1S/C15H26N2O3S/c1-21-15(8-4-5-9-15)11-16-13(20)17-14(10-12(18)19)6-2-3-7-14/h2-11H2,1H3,(H,18,19)(H2,16,17,20). The summed E-state index contributed by atoms with van der Waals surface area (Å²) in [7, 11) is 0. The van der Waals surface area contributed by atoms with Crippen molar-refractivity contribution in [3.8, 4) is 0 Å². The van der Waals surface area contributed by atoms with E-state index in [9.17, 15) is 9.59 Å². The van der Waals surface area contributed by atoms with Crippen LogP contribution in [0, 0.1) is 0 Å². The zero-order valence-electron chi connectivity index (χ0n) is 12.7. The summed E-state index contributed by atoms with van der Waals surface area (Å²) in [5.74, 6) is -0.839. The van der Waals surface area contributed by atoms with Crippen molar-refractivity contribution in [1.29, 1.82) is 0 Å². The van der Waals surface area contributed by atoms with Crippen molar-refractivity contribution in [3.63, 3.8) is 0 Å². The van der Waals surface area contributed by atoms with Crippen LogP contribution in [0.1, 0.15) is 57.8 Å². The highest BCUT2D eigenvalue weighted by Crippen LogP contribution is 2.39. The lowest BCUT2D eigenvalue weighted by Crippen LogP contribution is -2.53. The van der Waals surface area contributed by atoms with Gasteiger partial charge in [-0.2, -0.15) is 11.8 Å². The maximum atomic E-state index is 12.2. The van der Waals surface area contributed by atoms with Crippen molar-refractivity contribution >= 4 is 23.8 Å². The Labute approximate surface area is 130 Å². The number of carboxylic acid groups (broad SMARTS) is 1. The number of thioether (sulfide) groups is 1. The van der Waals surface area contributed by atoms with E-state index in [-0.39, 0.29) is 17.2 Å². The number of carbonyl (C=O) groups excluding carboxylic acids is 1. The van der Waals surface area contributed by atoms with Crippen molar-refractivity contribution in [3.05, 3.63) is 0 Å². The van der Waals surface area contributed by atoms with Crippen molar-refractivity contribution in [1.82, 2.24) is 10.6 Å². The first kappa shape index (κ1) is 16.5. The van der Waals surface area contributed by atoms with Gasteiger partial charge in [0.1, 0.15) is 0 Å². The fourth-order valence-electron chi connectivity index (χ4n) is 3.69. The molecule has 0 radical (unpaired) electrons. The van der Waals surface area contributed by atoms with E-state index in [2.05, 4.69) is 16.9 Å². The monoisotopic (exact) mass is 314 g/mol. The average Bonchev–Trinajstić information content (AvgIpc) is 3.06. The van der Waals surface area contributed by atoms with Crippen LogP contribution >= 0.6 is 11.8 Å². The molecule has 2 rings (SSSR count). The molecule has 2 fully saturated rings. The van der Waals surface area contributed by atoms with Gasteiger partial charge in [0.2, 0.25) is 0 Å². The smallest absolute Gasteiger partial charge is 0.315 e. The van der Waals surface area contributed by atoms with Crippen LogP contribution in [0.25, 0.3) is 0 Å². The lowest BCUT2D eigenvalue weighted by atomic mass is 9.93. The summed E-state index contributed by atoms with van der Waals surface area (Å²) in [6.45, 7) is 0.670. The van der Waals surface area contributed by atoms with Crippen LogP contribution < -0.4 is 10.6 Å². The van der Waals surface area contributed by atoms with Crippen LogP contribution in [0.15, 0.2) is 0 Å². The van der Waals surface area contributed by atoms with Gasteiger partial charge in [-0.15, -0.1) is 0 Å². The van der Waals surface area contributed by atoms with Gasteiger partial charge in [0.05, 0.1) is 12.0 Å². The summed E-state index contributed by atoms with van der Waals surface area (Å²) in [5, 5.41) is 15.0. The summed E-state index contributed by atoms with van der Waals surface area (Å²) < 4.78 is 0.174. The highest BCUT2D eigenvalue weighted by atomic mass is 32.2. The number of hydrogen-bond acceptors (Lipinski definition) is 3. The number of carbonyl (C=O) groups is 2. The predicted octanol–water partition coefficient (Wildman–Crippen LogP) is 2.75. The Morgan fingerprint density at radius 1 is 1.10 bits per heavy atom. The number of nitrogens with one attached hydrogen (secondary N) is 2. The molecule has 6 heteroatoms. The third kappa shape index (κ3) is 4.28. The van der Waals surface area contributed by atoms with Gasteiger partial charge in [-0.05, 0) is 31.9 Å². The van der Waals surface area contributed by atoms with Crippen molar-refractivity contribution in [2.75, 3.05) is 12.8 Å². The number of hydrogen-bond donors (Lipinski definition) is 3. The van der Waals surface area contributed by atoms with Gasteiger partial charge < -0.3 is 15.7 Å². The quantitative estimate of drug-likeness (QED) is 0.704. The molecule has 0 aromatic heterocycles. The number of urea groups is 1. The van der Waals surface area contributed by atoms with Gasteiger partial charge in [0.15, 0.2) is 0 Å². The lowest BCUT2D eigenvalue weighted by Gasteiger charge is -2.31. The Kier molecular flexibility index (Phi) is 5.41. The zero-order chi connectivity index (χ0) is 15.3. The highest BCUT2D eigenvalue weighted by Gasteiger charge is 2.38. The minimum absolute atomic E-state index is 0.0219. The first-order chi connectivity index (χ1) is 9.99. The van der Waals surface area contributed by atoms with E-state index in [1.54, 1.807) is 0 Å². The molecule has 0 aromatic rings. The maximum absolute atomic E-state index is 12.2. The van der Waals surface area contributed by atoms with E-state index >= 15 is 0 Å². The number of aliphatic carboxylic acids is 1. The Morgan fingerprint density at radius 2 is 1.67 bits per heavy atom. The lowest BCUT2D eigenvalue weighted by molar-refractivity contribution is -0.138. The molecule has 3 N–H and O–H groups in total. The third-order valence-corrected chi connectivity index (χ3v) is 6.37. The first-order valence-corrected chi connectivity index (χ1v) is 9.05. The minimum Gasteiger partial charge on any atom is -0.481 e. The van der Waals surface area contributed by atoms with E-state index < -0.39 is 11.5 Å². The van der Waals surface area contributed by atoms with E-state index in [4.69, 9.17) is 5.11 Å². The molecular weight excluding hydrogens is 288 g/mol. The average molecular weight is 314 g/mol. The molecule has 0 aliphatic heterocycles. The molecule has 0 saturated heterocycles. The van der Waals surface area contributed by atoms with E-state index in [0.717, 1.165) is 38.5 Å². The molecule has 0 atom stereocenters. The van der Waals surface area contributed by atoms with Crippen molar-refractivity contribution in [2.45, 2.75) is 68.1 Å². The second-order valence-corrected chi connectivity index (χ2v) is 7.73. The largest absolute Gasteiger partial charge is 0.481 e. The van der Waals surface area contributed by atoms with Crippen LogP contribution in [0.3, 0.4) is 0 Å². The molecule has 2 amide bonds. The van der Waals surface area contributed by atoms with E-state index in [0.29, 0.717) is 6.54 Å². The Balaban J connectivity index is 1.86. The molecule has 21 heavy (non-hydrogen) atoms. The van der Waals surface area contributed by atoms with Gasteiger partial charge in [0, 0.05) is 11.3 Å². The highest BCUT2D eigenvalue weighted by molar-refractivity contribution is 8.00. The number of amides is 2. The number of carboxylic acids is 1. The van der Waals surface area contributed by atoms with Crippen LogP contribution in [0.2, 0.25) is 0 Å². The molecule has 2 saturated carbocycles. The SMILES string of the molecule is CSC1(CNC(=O)NC2(CC(=O)O)CCCC2)CCCC1. The van der Waals surface area contributed by atoms with Crippen molar-refractivity contribution < 1.29 is 14.7 Å². The Morgan fingerprint density at radius 3 is 2.19 bits per heavy atom. The van der Waals surface area contributed by atoms with Crippen molar-refractivity contribution in [2.24, 2.45) is 0 Å². The predicted molar refractivity (Wildman–Crippen MR) is 84.7 cm³/mol. The molecule has 0 heterocycles. The number of rotatable bonds is 6. The second kappa shape index (κ2) is 6.90. The molecule has 0 bridgehead atoms. The van der Waals surface area contributed by atoms with Crippen LogP contribution in [0.4, 0.5) is 4.79 Å². The van der Waals surface area contributed by atoms with Gasteiger partial charge in [0.25, 0.3) is 0 Å². The summed E-state index contributed by atoms with van der Waals surface area (Å²) in [6.07, 6.45) is 10.4. The molecule has 5 nitrogen and oxygen atoms in total. The topological polar surface area (TPSA) is 78.4 Å². The normalized spacial score (nSPS) is 22.9. The fraction of sp³-hybridized carbons (Fsp3) is 0.867. The molecular formula is C15H26N2O3S. The molecule has 0 spiro atoms. The summed E-state index contributed by atoms with van der Waals surface area (Å²) >= 11 is 1.84. The Hall–Kier alpha value is -0.910. The molecule has 2 aliphatic rings. The zero-order valence-corrected chi connectivity index (χ0v) is 13.6. The summed E-state index contributed by atoms with van der Waals surface area (Å²) in [5.41, 5.74) is -0.544. The van der Waals surface area contributed by atoms with Gasteiger partial charge >= 0.3 is 12.0 Å². The molecule has 2 aliphatic carbocycles. The third-order valence-electron chi connectivity index (χ3n) is 4.95. The fourth-order valence-corrected chi connectivity index (χ4v) is 4.60. The summed E-state index contributed by atoms with van der Waals surface area (Å²) in [6, 6.07) is -0.210. The molecule has 120 valence electrons. The summed E-state index contributed by atoms with van der Waals surface area (Å²) in [4.78, 5) is 23.2. The van der Waals surface area contributed by atoms with E-state index in [1.165, 1.54) is 12.8 Å². The van der Waals surface area contributed by atoms with Gasteiger partial charge in [-0.25, -0.2) is 4.79 Å². The maximum Gasteiger partial charge on any atom is 0.315 e. The first-order valence-electron chi connectivity index (χ1n) is 7.82.